The number of carbonyl (C=O) groups excluding carboxylic acids is 3. The maximum absolute atomic E-state index is 12.9. The highest BCUT2D eigenvalue weighted by molar-refractivity contribution is 7.03. The molecule has 0 saturated carbocycles. The van der Waals surface area contributed by atoms with Crippen LogP contribution in [0.25, 0.3) is 0 Å². The first kappa shape index (κ1) is 21.1. The SMILES string of the molecule is CC[C@@](C)(OC)[C@](N)(C(=O)CC(C)CC(N)=O)C(=O)Nc1csnn1. The van der Waals surface area contributed by atoms with Gasteiger partial charge in [0.2, 0.25) is 5.91 Å². The third kappa shape index (κ3) is 4.59. The largest absolute Gasteiger partial charge is 0.376 e. The van der Waals surface area contributed by atoms with E-state index in [4.69, 9.17) is 16.2 Å². The molecule has 9 nitrogen and oxygen atoms in total. The van der Waals surface area contributed by atoms with Crippen molar-refractivity contribution >= 4 is 34.9 Å². The van der Waals surface area contributed by atoms with Gasteiger partial charge >= 0.3 is 0 Å². The fourth-order valence-corrected chi connectivity index (χ4v) is 2.96. The zero-order valence-corrected chi connectivity index (χ0v) is 15.7. The highest BCUT2D eigenvalue weighted by atomic mass is 32.1. The minimum absolute atomic E-state index is 0.0231. The predicted molar refractivity (Wildman–Crippen MR) is 93.8 cm³/mol. The number of Topliss-reactive ketones (excluding diaryl/α,β-unsaturated/α-hetero) is 1. The molecule has 1 aromatic heterocycles. The van der Waals surface area contributed by atoms with Crippen LogP contribution in [0, 0.1) is 5.92 Å². The van der Waals surface area contributed by atoms with Crippen LogP contribution in [0.3, 0.4) is 0 Å². The van der Waals surface area contributed by atoms with Gasteiger partial charge in [-0.05, 0) is 30.8 Å². The molecule has 0 radical (unpaired) electrons. The molecule has 25 heavy (non-hydrogen) atoms. The molecule has 5 N–H and O–H groups in total. The summed E-state index contributed by atoms with van der Waals surface area (Å²) in [5.41, 5.74) is 8.29. The van der Waals surface area contributed by atoms with Crippen LogP contribution in [0.4, 0.5) is 5.82 Å². The average molecular weight is 371 g/mol. The summed E-state index contributed by atoms with van der Waals surface area (Å²) in [5, 5.41) is 7.77. The Hall–Kier alpha value is -1.91. The van der Waals surface area contributed by atoms with Gasteiger partial charge in [-0.15, -0.1) is 5.10 Å². The lowest BCUT2D eigenvalue weighted by Crippen LogP contribution is -2.71. The van der Waals surface area contributed by atoms with E-state index in [9.17, 15) is 14.4 Å². The second-order valence-corrected chi connectivity index (χ2v) is 6.85. The first-order chi connectivity index (χ1) is 11.6. The van der Waals surface area contributed by atoms with Crippen LogP contribution in [0.2, 0.25) is 0 Å². The Morgan fingerprint density at radius 2 is 2.04 bits per heavy atom. The number of aromatic nitrogens is 2. The minimum Gasteiger partial charge on any atom is -0.376 e. The lowest BCUT2D eigenvalue weighted by molar-refractivity contribution is -0.149. The van der Waals surface area contributed by atoms with E-state index in [1.54, 1.807) is 20.8 Å². The van der Waals surface area contributed by atoms with Gasteiger partial charge in [0.1, 0.15) is 0 Å². The van der Waals surface area contributed by atoms with E-state index in [1.165, 1.54) is 12.5 Å². The third-order valence-electron chi connectivity index (χ3n) is 4.44. The van der Waals surface area contributed by atoms with Gasteiger partial charge < -0.3 is 21.5 Å². The number of amides is 2. The fourth-order valence-electron chi connectivity index (χ4n) is 2.57. The number of rotatable bonds is 10. The lowest BCUT2D eigenvalue weighted by atomic mass is 9.73. The van der Waals surface area contributed by atoms with Crippen molar-refractivity contribution in [2.75, 3.05) is 12.4 Å². The van der Waals surface area contributed by atoms with Crippen molar-refractivity contribution in [3.63, 3.8) is 0 Å². The molecule has 0 fully saturated rings. The van der Waals surface area contributed by atoms with E-state index in [0.29, 0.717) is 6.42 Å². The Morgan fingerprint density at radius 3 is 2.48 bits per heavy atom. The summed E-state index contributed by atoms with van der Waals surface area (Å²) in [5.74, 6) is -1.93. The van der Waals surface area contributed by atoms with Crippen LogP contribution in [0.1, 0.15) is 40.0 Å². The Labute approximate surface area is 150 Å². The summed E-state index contributed by atoms with van der Waals surface area (Å²) in [7, 11) is 1.39. The van der Waals surface area contributed by atoms with Gasteiger partial charge in [0.05, 0.1) is 11.0 Å². The molecular weight excluding hydrogens is 346 g/mol. The number of methoxy groups -OCH3 is 1. The zero-order chi connectivity index (χ0) is 19.3. The maximum Gasteiger partial charge on any atom is 0.256 e. The third-order valence-corrected chi connectivity index (χ3v) is 4.95. The normalized spacial score (nSPS) is 17.2. The number of nitrogens with two attached hydrogens (primary N) is 2. The number of nitrogens with one attached hydrogen (secondary N) is 1. The summed E-state index contributed by atoms with van der Waals surface area (Å²) < 4.78 is 9.10. The van der Waals surface area contributed by atoms with Crippen molar-refractivity contribution in [2.24, 2.45) is 17.4 Å². The molecular formula is C15H25N5O4S. The number of ketones is 1. The molecule has 2 amide bonds. The summed E-state index contributed by atoms with van der Waals surface area (Å²) in [4.78, 5) is 36.8. The molecule has 1 aromatic rings. The van der Waals surface area contributed by atoms with E-state index < -0.39 is 28.7 Å². The second-order valence-electron chi connectivity index (χ2n) is 6.24. The van der Waals surface area contributed by atoms with Crippen molar-refractivity contribution in [1.82, 2.24) is 9.59 Å². The van der Waals surface area contributed by atoms with E-state index in [1.807, 2.05) is 0 Å². The first-order valence-corrected chi connectivity index (χ1v) is 8.68. The topological polar surface area (TPSA) is 150 Å². The molecule has 3 atom stereocenters. The zero-order valence-electron chi connectivity index (χ0n) is 14.9. The minimum atomic E-state index is -1.97. The molecule has 1 unspecified atom stereocenters. The molecule has 0 aliphatic rings. The van der Waals surface area contributed by atoms with Gasteiger partial charge in [-0.25, -0.2) is 0 Å². The van der Waals surface area contributed by atoms with Crippen molar-refractivity contribution in [3.05, 3.63) is 5.38 Å². The van der Waals surface area contributed by atoms with Gasteiger partial charge in [-0.1, -0.05) is 18.3 Å². The Balaban J connectivity index is 3.16. The fraction of sp³-hybridized carbons (Fsp3) is 0.667. The number of hydrogen-bond acceptors (Lipinski definition) is 8. The van der Waals surface area contributed by atoms with Gasteiger partial charge in [-0.2, -0.15) is 0 Å². The molecule has 140 valence electrons. The lowest BCUT2D eigenvalue weighted by Gasteiger charge is -2.42. The molecule has 0 aromatic carbocycles. The van der Waals surface area contributed by atoms with Crippen molar-refractivity contribution in [3.8, 4) is 0 Å². The molecule has 0 aliphatic carbocycles. The highest BCUT2D eigenvalue weighted by Gasteiger charge is 2.56. The van der Waals surface area contributed by atoms with Crippen LogP contribution < -0.4 is 16.8 Å². The predicted octanol–water partition coefficient (Wildman–Crippen LogP) is 0.460. The standard InChI is InChI=1S/C15H25N5O4S/c1-5-14(3,24-4)15(17,10(21)6-9(2)7-11(16)22)13(23)18-12-8-25-20-19-12/h8-9H,5-7,17H2,1-4H3,(H2,16,22)(H,18,23)/t9?,14-,15+/m1/s1. The number of nitrogens with zero attached hydrogens (tertiary/aromatic N) is 2. The van der Waals surface area contributed by atoms with E-state index in [0.717, 1.165) is 11.5 Å². The quantitative estimate of drug-likeness (QED) is 0.505. The van der Waals surface area contributed by atoms with Gasteiger partial charge in [-0.3, -0.25) is 14.4 Å². The smallest absolute Gasteiger partial charge is 0.256 e. The number of carbonyl (C=O) groups is 3. The average Bonchev–Trinajstić information content (AvgIpc) is 3.04. The Kier molecular flexibility index (Phi) is 7.15. The molecule has 10 heteroatoms. The van der Waals surface area contributed by atoms with Crippen molar-refractivity contribution in [2.45, 2.75) is 51.2 Å². The van der Waals surface area contributed by atoms with Crippen LogP contribution in [-0.2, 0) is 19.1 Å². The number of primary amides is 1. The van der Waals surface area contributed by atoms with Gasteiger partial charge in [0.15, 0.2) is 17.1 Å². The Morgan fingerprint density at radius 1 is 1.40 bits per heavy atom. The van der Waals surface area contributed by atoms with Crippen LogP contribution >= 0.6 is 11.5 Å². The highest BCUT2D eigenvalue weighted by Crippen LogP contribution is 2.31. The van der Waals surface area contributed by atoms with Crippen molar-refractivity contribution in [1.29, 1.82) is 0 Å². The molecule has 0 spiro atoms. The Bertz CT molecular complexity index is 617. The van der Waals surface area contributed by atoms with Gasteiger partial charge in [0.25, 0.3) is 5.91 Å². The number of ether oxygens (including phenoxy) is 1. The molecule has 0 saturated heterocycles. The maximum atomic E-state index is 12.9. The molecule has 0 bridgehead atoms. The molecule has 0 aliphatic heterocycles. The van der Waals surface area contributed by atoms with Crippen LogP contribution in [0.5, 0.6) is 0 Å². The van der Waals surface area contributed by atoms with E-state index in [2.05, 4.69) is 14.9 Å². The van der Waals surface area contributed by atoms with Crippen molar-refractivity contribution < 1.29 is 19.1 Å². The summed E-state index contributed by atoms with van der Waals surface area (Å²) in [6.07, 6.45) is 0.259. The van der Waals surface area contributed by atoms with E-state index in [-0.39, 0.29) is 24.6 Å². The summed E-state index contributed by atoms with van der Waals surface area (Å²) in [6.45, 7) is 5.06. The first-order valence-electron chi connectivity index (χ1n) is 7.84. The summed E-state index contributed by atoms with van der Waals surface area (Å²) >= 11 is 1.05. The van der Waals surface area contributed by atoms with Crippen LogP contribution in [-0.4, -0.2) is 45.4 Å². The monoisotopic (exact) mass is 371 g/mol. The van der Waals surface area contributed by atoms with Crippen LogP contribution in [0.15, 0.2) is 5.38 Å². The second kappa shape index (κ2) is 8.45. The molecule has 1 rings (SSSR count). The van der Waals surface area contributed by atoms with Gasteiger partial charge in [0, 0.05) is 20.0 Å². The summed E-state index contributed by atoms with van der Waals surface area (Å²) in [6, 6.07) is 0. The van der Waals surface area contributed by atoms with E-state index >= 15 is 0 Å². The molecule has 1 heterocycles. The number of hydrogen-bond donors (Lipinski definition) is 3. The number of anilines is 1.